The molecule has 0 aromatic heterocycles. The quantitative estimate of drug-likeness (QED) is 0.732. The highest BCUT2D eigenvalue weighted by molar-refractivity contribution is 5.51. The molecule has 0 saturated carbocycles. The third-order valence-corrected chi connectivity index (χ3v) is 2.73. The smallest absolute Gasteiger partial charge is 0.0731 e. The molecule has 0 bridgehead atoms. The molecule has 14 heavy (non-hydrogen) atoms. The van der Waals surface area contributed by atoms with E-state index in [2.05, 4.69) is 36.9 Å². The Kier molecular flexibility index (Phi) is 2.46. The van der Waals surface area contributed by atoms with E-state index in [1.165, 1.54) is 16.8 Å². The van der Waals surface area contributed by atoms with Crippen LogP contribution in [0.15, 0.2) is 18.2 Å². The third kappa shape index (κ3) is 1.90. The van der Waals surface area contributed by atoms with Crippen molar-refractivity contribution in [2.24, 2.45) is 0 Å². The summed E-state index contributed by atoms with van der Waals surface area (Å²) in [6.45, 7) is 5.99. The van der Waals surface area contributed by atoms with Crippen LogP contribution in [0.2, 0.25) is 0 Å². The summed E-state index contributed by atoms with van der Waals surface area (Å²) >= 11 is 0. The molecule has 76 valence electrons. The summed E-state index contributed by atoms with van der Waals surface area (Å²) in [5.74, 6) is 0. The monoisotopic (exact) mass is 191 g/mol. The molecule has 1 saturated heterocycles. The molecule has 0 radical (unpaired) electrons. The van der Waals surface area contributed by atoms with E-state index in [9.17, 15) is 5.11 Å². The zero-order chi connectivity index (χ0) is 10.1. The Morgan fingerprint density at radius 2 is 1.86 bits per heavy atom. The van der Waals surface area contributed by atoms with Crippen molar-refractivity contribution < 1.29 is 5.11 Å². The minimum absolute atomic E-state index is 0.143. The lowest BCUT2D eigenvalue weighted by Gasteiger charge is -2.18. The van der Waals surface area contributed by atoms with Gasteiger partial charge in [0.05, 0.1) is 6.10 Å². The highest BCUT2D eigenvalue weighted by Crippen LogP contribution is 2.22. The van der Waals surface area contributed by atoms with Gasteiger partial charge in [-0.05, 0) is 43.5 Å². The summed E-state index contributed by atoms with van der Waals surface area (Å²) in [5.41, 5.74) is 3.84. The molecule has 1 N–H and O–H groups in total. The molecule has 1 aromatic rings. The SMILES string of the molecule is Cc1cc(C)cc(N2CCC(O)C2)c1. The first-order valence-electron chi connectivity index (χ1n) is 5.16. The van der Waals surface area contributed by atoms with Crippen molar-refractivity contribution >= 4 is 5.69 Å². The molecular weight excluding hydrogens is 174 g/mol. The predicted octanol–water partition coefficient (Wildman–Crippen LogP) is 1.87. The number of aryl methyl sites for hydroxylation is 2. The summed E-state index contributed by atoms with van der Waals surface area (Å²) in [5, 5.41) is 9.46. The number of aliphatic hydroxyl groups excluding tert-OH is 1. The fourth-order valence-corrected chi connectivity index (χ4v) is 2.11. The van der Waals surface area contributed by atoms with Gasteiger partial charge in [-0.2, -0.15) is 0 Å². The van der Waals surface area contributed by atoms with Crippen LogP contribution >= 0.6 is 0 Å². The molecule has 0 amide bonds. The molecule has 1 unspecified atom stereocenters. The average molecular weight is 191 g/mol. The summed E-state index contributed by atoms with van der Waals surface area (Å²) in [4.78, 5) is 2.25. The number of hydrogen-bond donors (Lipinski definition) is 1. The van der Waals surface area contributed by atoms with Crippen molar-refractivity contribution in [3.8, 4) is 0 Å². The van der Waals surface area contributed by atoms with Gasteiger partial charge in [-0.1, -0.05) is 6.07 Å². The molecule has 0 aliphatic carbocycles. The van der Waals surface area contributed by atoms with Gasteiger partial charge in [-0.15, -0.1) is 0 Å². The van der Waals surface area contributed by atoms with E-state index in [-0.39, 0.29) is 6.10 Å². The Morgan fingerprint density at radius 1 is 1.21 bits per heavy atom. The number of β-amino-alcohol motifs (C(OH)–C–C–N with tert-alkyl or cyclic N) is 1. The number of aliphatic hydroxyl groups is 1. The molecule has 1 aliphatic rings. The van der Waals surface area contributed by atoms with E-state index < -0.39 is 0 Å². The Morgan fingerprint density at radius 3 is 2.36 bits per heavy atom. The first kappa shape index (κ1) is 9.53. The summed E-state index contributed by atoms with van der Waals surface area (Å²) in [6, 6.07) is 6.55. The van der Waals surface area contributed by atoms with Crippen LogP contribution in [0.5, 0.6) is 0 Å². The number of benzene rings is 1. The molecular formula is C12H17NO. The lowest BCUT2D eigenvalue weighted by molar-refractivity contribution is 0.198. The first-order valence-corrected chi connectivity index (χ1v) is 5.16. The van der Waals surface area contributed by atoms with Gasteiger partial charge in [0.15, 0.2) is 0 Å². The highest BCUT2D eigenvalue weighted by Gasteiger charge is 2.20. The number of hydrogen-bond acceptors (Lipinski definition) is 2. The number of rotatable bonds is 1. The maximum absolute atomic E-state index is 9.46. The molecule has 1 atom stereocenters. The highest BCUT2D eigenvalue weighted by atomic mass is 16.3. The minimum atomic E-state index is -0.143. The van der Waals surface area contributed by atoms with E-state index in [1.807, 2.05) is 0 Å². The molecule has 2 nitrogen and oxygen atoms in total. The average Bonchev–Trinajstić information content (AvgIpc) is 2.50. The standard InChI is InChI=1S/C12H17NO/c1-9-5-10(2)7-11(6-9)13-4-3-12(14)8-13/h5-7,12,14H,3-4,8H2,1-2H3. The number of anilines is 1. The maximum atomic E-state index is 9.46. The van der Waals surface area contributed by atoms with E-state index >= 15 is 0 Å². The van der Waals surface area contributed by atoms with Gasteiger partial charge in [-0.3, -0.25) is 0 Å². The number of nitrogens with zero attached hydrogens (tertiary/aromatic N) is 1. The second-order valence-electron chi connectivity index (χ2n) is 4.23. The lowest BCUT2D eigenvalue weighted by Crippen LogP contribution is -2.21. The second kappa shape index (κ2) is 3.62. The summed E-state index contributed by atoms with van der Waals surface area (Å²) < 4.78 is 0. The Hall–Kier alpha value is -1.02. The maximum Gasteiger partial charge on any atom is 0.0731 e. The van der Waals surface area contributed by atoms with Crippen LogP contribution in [0.25, 0.3) is 0 Å². The molecule has 1 aliphatic heterocycles. The molecule has 1 fully saturated rings. The van der Waals surface area contributed by atoms with Crippen molar-refractivity contribution in [2.75, 3.05) is 18.0 Å². The molecule has 0 spiro atoms. The van der Waals surface area contributed by atoms with Crippen molar-refractivity contribution in [2.45, 2.75) is 26.4 Å². The normalized spacial score (nSPS) is 21.6. The van der Waals surface area contributed by atoms with Gasteiger partial charge in [0, 0.05) is 18.8 Å². The second-order valence-corrected chi connectivity index (χ2v) is 4.23. The van der Waals surface area contributed by atoms with Gasteiger partial charge >= 0.3 is 0 Å². The van der Waals surface area contributed by atoms with Gasteiger partial charge in [0.2, 0.25) is 0 Å². The van der Waals surface area contributed by atoms with E-state index in [4.69, 9.17) is 0 Å². The summed E-state index contributed by atoms with van der Waals surface area (Å²) in [6.07, 6.45) is 0.753. The fourth-order valence-electron chi connectivity index (χ4n) is 2.11. The minimum Gasteiger partial charge on any atom is -0.391 e. The van der Waals surface area contributed by atoms with Crippen LogP contribution in [0, 0.1) is 13.8 Å². The molecule has 2 heteroatoms. The fraction of sp³-hybridized carbons (Fsp3) is 0.500. The van der Waals surface area contributed by atoms with Crippen LogP contribution in [-0.2, 0) is 0 Å². The first-order chi connectivity index (χ1) is 6.65. The van der Waals surface area contributed by atoms with Gasteiger partial charge in [-0.25, -0.2) is 0 Å². The van der Waals surface area contributed by atoms with Crippen LogP contribution < -0.4 is 4.90 Å². The van der Waals surface area contributed by atoms with E-state index in [0.717, 1.165) is 19.5 Å². The van der Waals surface area contributed by atoms with Crippen LogP contribution in [-0.4, -0.2) is 24.3 Å². The molecule has 2 rings (SSSR count). The Bertz CT molecular complexity index is 315. The van der Waals surface area contributed by atoms with Crippen LogP contribution in [0.4, 0.5) is 5.69 Å². The largest absolute Gasteiger partial charge is 0.391 e. The van der Waals surface area contributed by atoms with Gasteiger partial charge in [0.1, 0.15) is 0 Å². The topological polar surface area (TPSA) is 23.5 Å². The molecule has 1 aromatic carbocycles. The van der Waals surface area contributed by atoms with E-state index in [0.29, 0.717) is 0 Å². The van der Waals surface area contributed by atoms with Gasteiger partial charge in [0.25, 0.3) is 0 Å². The predicted molar refractivity (Wildman–Crippen MR) is 58.8 cm³/mol. The summed E-state index contributed by atoms with van der Waals surface area (Å²) in [7, 11) is 0. The van der Waals surface area contributed by atoms with Crippen LogP contribution in [0.1, 0.15) is 17.5 Å². The molecule has 1 heterocycles. The zero-order valence-corrected chi connectivity index (χ0v) is 8.83. The van der Waals surface area contributed by atoms with Crippen molar-refractivity contribution in [1.29, 1.82) is 0 Å². The van der Waals surface area contributed by atoms with Crippen molar-refractivity contribution in [3.05, 3.63) is 29.3 Å². The third-order valence-electron chi connectivity index (χ3n) is 2.73. The Labute approximate surface area is 85.2 Å². The Balaban J connectivity index is 2.23. The van der Waals surface area contributed by atoms with Gasteiger partial charge < -0.3 is 10.0 Å². The lowest BCUT2D eigenvalue weighted by atomic mass is 10.1. The van der Waals surface area contributed by atoms with Crippen molar-refractivity contribution in [1.82, 2.24) is 0 Å². The van der Waals surface area contributed by atoms with Crippen LogP contribution in [0.3, 0.4) is 0 Å². The van der Waals surface area contributed by atoms with Crippen molar-refractivity contribution in [3.63, 3.8) is 0 Å². The zero-order valence-electron chi connectivity index (χ0n) is 8.83. The van der Waals surface area contributed by atoms with E-state index in [1.54, 1.807) is 0 Å².